The van der Waals surface area contributed by atoms with Gasteiger partial charge in [-0.05, 0) is 58.6 Å². The van der Waals surface area contributed by atoms with E-state index in [1.807, 2.05) is 37.9 Å². The fraction of sp³-hybridized carbons (Fsp3) is 0.440. The molecule has 0 saturated heterocycles. The molecule has 0 aliphatic heterocycles. The van der Waals surface area contributed by atoms with Gasteiger partial charge in [-0.15, -0.1) is 11.3 Å². The molecule has 1 aliphatic carbocycles. The van der Waals surface area contributed by atoms with E-state index in [9.17, 15) is 4.79 Å². The van der Waals surface area contributed by atoms with E-state index in [-0.39, 0.29) is 24.0 Å². The van der Waals surface area contributed by atoms with Crippen LogP contribution >= 0.6 is 11.3 Å². The van der Waals surface area contributed by atoms with Crippen molar-refractivity contribution in [3.63, 3.8) is 0 Å². The number of aromatic amines is 1. The highest BCUT2D eigenvalue weighted by molar-refractivity contribution is 7.19. The van der Waals surface area contributed by atoms with Gasteiger partial charge in [0.15, 0.2) is 0 Å². The van der Waals surface area contributed by atoms with E-state index in [4.69, 9.17) is 4.74 Å². The Kier molecular flexibility index (Phi) is 5.89. The second-order valence-corrected chi connectivity index (χ2v) is 10.6. The summed E-state index contributed by atoms with van der Waals surface area (Å²) in [6, 6.07) is 4.20. The number of benzene rings is 1. The quantitative estimate of drug-likeness (QED) is 0.402. The van der Waals surface area contributed by atoms with Crippen LogP contribution in [0.3, 0.4) is 0 Å². The SMILES string of the molecule is CC(C)Oc1cc2[nH]ncc2cc1Nc1ncnc2sc3c(c12)CC[C@H](C(=O)N(C)C(C)C)C3. The second-order valence-electron chi connectivity index (χ2n) is 9.49. The number of amides is 1. The molecule has 1 aliphatic rings. The van der Waals surface area contributed by atoms with Crippen molar-refractivity contribution < 1.29 is 9.53 Å². The fourth-order valence-corrected chi connectivity index (χ4v) is 5.77. The maximum Gasteiger partial charge on any atom is 0.226 e. The van der Waals surface area contributed by atoms with Gasteiger partial charge in [-0.1, -0.05) is 0 Å². The van der Waals surface area contributed by atoms with Gasteiger partial charge < -0.3 is 15.0 Å². The van der Waals surface area contributed by atoms with Crippen molar-refractivity contribution in [1.82, 2.24) is 25.1 Å². The van der Waals surface area contributed by atoms with Crippen molar-refractivity contribution in [2.75, 3.05) is 12.4 Å². The predicted molar refractivity (Wildman–Crippen MR) is 136 cm³/mol. The normalized spacial score (nSPS) is 15.8. The Morgan fingerprint density at radius 3 is 2.85 bits per heavy atom. The van der Waals surface area contributed by atoms with E-state index >= 15 is 0 Å². The number of fused-ring (bicyclic) bond motifs is 4. The number of H-pyrrole nitrogens is 1. The van der Waals surface area contributed by atoms with E-state index in [1.165, 1.54) is 10.4 Å². The van der Waals surface area contributed by atoms with Crippen LogP contribution in [0.5, 0.6) is 5.75 Å². The van der Waals surface area contributed by atoms with Crippen molar-refractivity contribution >= 4 is 49.9 Å². The number of nitrogens with zero attached hydrogens (tertiary/aromatic N) is 4. The Morgan fingerprint density at radius 2 is 2.09 bits per heavy atom. The third-order valence-corrected chi connectivity index (χ3v) is 7.64. The molecule has 0 spiro atoms. The smallest absolute Gasteiger partial charge is 0.226 e. The molecule has 1 atom stereocenters. The van der Waals surface area contributed by atoms with Crippen molar-refractivity contribution in [3.05, 3.63) is 35.1 Å². The fourth-order valence-electron chi connectivity index (χ4n) is 4.51. The molecule has 34 heavy (non-hydrogen) atoms. The molecule has 0 unspecified atom stereocenters. The maximum atomic E-state index is 13.0. The number of hydrogen-bond donors (Lipinski definition) is 2. The lowest BCUT2D eigenvalue weighted by Crippen LogP contribution is -2.39. The number of nitrogens with one attached hydrogen (secondary N) is 2. The monoisotopic (exact) mass is 478 g/mol. The summed E-state index contributed by atoms with van der Waals surface area (Å²) < 4.78 is 6.09. The number of hydrogen-bond acceptors (Lipinski definition) is 7. The van der Waals surface area contributed by atoms with Crippen molar-refractivity contribution in [2.45, 2.75) is 59.1 Å². The second kappa shape index (κ2) is 8.87. The number of carbonyl (C=O) groups is 1. The lowest BCUT2D eigenvalue weighted by molar-refractivity contribution is -0.136. The highest BCUT2D eigenvalue weighted by Gasteiger charge is 2.31. The minimum Gasteiger partial charge on any atom is -0.489 e. The molecule has 0 saturated carbocycles. The summed E-state index contributed by atoms with van der Waals surface area (Å²) in [5.41, 5.74) is 3.02. The van der Waals surface area contributed by atoms with Gasteiger partial charge in [-0.3, -0.25) is 9.89 Å². The van der Waals surface area contributed by atoms with Gasteiger partial charge in [0.05, 0.1) is 28.9 Å². The summed E-state index contributed by atoms with van der Waals surface area (Å²) in [7, 11) is 1.90. The summed E-state index contributed by atoms with van der Waals surface area (Å²) in [6.45, 7) is 8.12. The Balaban J connectivity index is 1.51. The zero-order valence-corrected chi connectivity index (χ0v) is 21.0. The highest BCUT2D eigenvalue weighted by Crippen LogP contribution is 2.42. The lowest BCUT2D eigenvalue weighted by Gasteiger charge is -2.29. The van der Waals surface area contributed by atoms with Crippen LogP contribution in [0.1, 0.15) is 44.6 Å². The summed E-state index contributed by atoms with van der Waals surface area (Å²) in [5.74, 6) is 1.76. The summed E-state index contributed by atoms with van der Waals surface area (Å²) >= 11 is 1.68. The van der Waals surface area contributed by atoms with E-state index in [0.29, 0.717) is 0 Å². The van der Waals surface area contributed by atoms with E-state index in [2.05, 4.69) is 39.3 Å². The van der Waals surface area contributed by atoms with Crippen molar-refractivity contribution in [2.24, 2.45) is 5.92 Å². The van der Waals surface area contributed by atoms with Crippen LogP contribution in [0, 0.1) is 5.92 Å². The molecule has 1 aromatic carbocycles. The number of rotatable bonds is 6. The first-order valence-corrected chi connectivity index (χ1v) is 12.6. The molecule has 2 N–H and O–H groups in total. The highest BCUT2D eigenvalue weighted by atomic mass is 32.1. The Morgan fingerprint density at radius 1 is 1.26 bits per heavy atom. The van der Waals surface area contributed by atoms with Crippen LogP contribution in [0.25, 0.3) is 21.1 Å². The number of aromatic nitrogens is 4. The average molecular weight is 479 g/mol. The summed E-state index contributed by atoms with van der Waals surface area (Å²) in [6.07, 6.45) is 5.86. The third-order valence-electron chi connectivity index (χ3n) is 6.47. The van der Waals surface area contributed by atoms with Gasteiger partial charge in [0.25, 0.3) is 0 Å². The van der Waals surface area contributed by atoms with E-state index in [0.717, 1.165) is 57.6 Å². The minimum atomic E-state index is 0.0203. The molecule has 8 nitrogen and oxygen atoms in total. The van der Waals surface area contributed by atoms with E-state index in [1.54, 1.807) is 23.9 Å². The van der Waals surface area contributed by atoms with Crippen molar-refractivity contribution in [1.29, 1.82) is 0 Å². The Bertz CT molecular complexity index is 1360. The number of anilines is 2. The van der Waals surface area contributed by atoms with Crippen LogP contribution in [-0.2, 0) is 17.6 Å². The third kappa shape index (κ3) is 4.09. The molecule has 0 fully saturated rings. The molecule has 3 aromatic heterocycles. The molecule has 1 amide bonds. The zero-order valence-electron chi connectivity index (χ0n) is 20.2. The van der Waals surface area contributed by atoms with Crippen LogP contribution < -0.4 is 10.1 Å². The van der Waals surface area contributed by atoms with Crippen molar-refractivity contribution in [3.8, 4) is 5.75 Å². The first kappa shape index (κ1) is 22.6. The Labute approximate surface area is 202 Å². The predicted octanol–water partition coefficient (Wildman–Crippen LogP) is 5.07. The minimum absolute atomic E-state index is 0.0203. The Hall–Kier alpha value is -3.20. The van der Waals surface area contributed by atoms with Gasteiger partial charge in [0, 0.05) is 35.3 Å². The molecule has 9 heteroatoms. The maximum absolute atomic E-state index is 13.0. The molecular formula is C25H30N6O2S. The summed E-state index contributed by atoms with van der Waals surface area (Å²) in [5, 5.41) is 12.7. The topological polar surface area (TPSA) is 96.0 Å². The molecule has 178 valence electrons. The average Bonchev–Trinajstić information content (AvgIpc) is 3.41. The van der Waals surface area contributed by atoms with Crippen LogP contribution in [0.15, 0.2) is 24.7 Å². The summed E-state index contributed by atoms with van der Waals surface area (Å²) in [4.78, 5) is 26.2. The van der Waals surface area contributed by atoms with Crippen LogP contribution in [-0.4, -0.2) is 50.2 Å². The zero-order chi connectivity index (χ0) is 24.0. The number of thiophene rings is 1. The first-order chi connectivity index (χ1) is 16.3. The van der Waals surface area contributed by atoms with Gasteiger partial charge >= 0.3 is 0 Å². The molecule has 5 rings (SSSR count). The molecule has 4 aromatic rings. The molecule has 0 radical (unpaired) electrons. The molecular weight excluding hydrogens is 448 g/mol. The number of carbonyl (C=O) groups excluding carboxylic acids is 1. The number of aryl methyl sites for hydroxylation is 1. The first-order valence-electron chi connectivity index (χ1n) is 11.7. The van der Waals surface area contributed by atoms with Gasteiger partial charge in [-0.25, -0.2) is 9.97 Å². The largest absolute Gasteiger partial charge is 0.489 e. The standard InChI is InChI=1S/C25H30N6O2S/c1-13(2)31(5)25(32)15-6-7-17-21(9-15)34-24-22(17)23(26-12-27-24)29-19-8-16-11-28-30-18(16)10-20(19)33-14(3)4/h8,10-15H,6-7,9H2,1-5H3,(H,28,30)(H,26,27,29)/t15-/m0/s1. The number of ether oxygens (including phenoxy) is 1. The molecule has 3 heterocycles. The van der Waals surface area contributed by atoms with Gasteiger partial charge in [0.2, 0.25) is 5.91 Å². The van der Waals surface area contributed by atoms with Gasteiger partial charge in [-0.2, -0.15) is 5.10 Å². The van der Waals surface area contributed by atoms with E-state index < -0.39 is 0 Å². The van der Waals surface area contributed by atoms with Gasteiger partial charge in [0.1, 0.15) is 22.7 Å². The van der Waals surface area contributed by atoms with Crippen LogP contribution in [0.4, 0.5) is 11.5 Å². The van der Waals surface area contributed by atoms with Crippen LogP contribution in [0.2, 0.25) is 0 Å². The molecule has 0 bridgehead atoms. The lowest BCUT2D eigenvalue weighted by atomic mass is 9.86.